The molecule has 0 aromatic heterocycles. The van der Waals surface area contributed by atoms with E-state index in [1.807, 2.05) is 0 Å². The second kappa shape index (κ2) is 4.99. The molecule has 0 amide bonds. The standard InChI is InChI=1S/C16H19NO/c1-12-8-9-16(15-7-3-2-6-14(12)15)18-13-5-4-10-17-11-13/h2-3,6-9,13,17H,4-5,10-11H2,1H3. The molecule has 1 atom stereocenters. The summed E-state index contributed by atoms with van der Waals surface area (Å²) in [7, 11) is 0. The first-order valence-electron chi connectivity index (χ1n) is 6.70. The number of nitrogens with one attached hydrogen (secondary N) is 1. The number of fused-ring (bicyclic) bond motifs is 1. The van der Waals surface area contributed by atoms with Crippen molar-refractivity contribution in [3.8, 4) is 5.75 Å². The molecule has 0 saturated carbocycles. The van der Waals surface area contributed by atoms with E-state index in [2.05, 4.69) is 48.6 Å². The second-order valence-electron chi connectivity index (χ2n) is 5.01. The number of hydrogen-bond acceptors (Lipinski definition) is 2. The van der Waals surface area contributed by atoms with Gasteiger partial charge in [0, 0.05) is 11.9 Å². The van der Waals surface area contributed by atoms with Crippen LogP contribution >= 0.6 is 0 Å². The average molecular weight is 241 g/mol. The summed E-state index contributed by atoms with van der Waals surface area (Å²) in [6, 6.07) is 12.7. The number of rotatable bonds is 2. The third-order valence-electron chi connectivity index (χ3n) is 3.65. The van der Waals surface area contributed by atoms with Crippen molar-refractivity contribution in [2.75, 3.05) is 13.1 Å². The molecular formula is C16H19NO. The predicted molar refractivity (Wildman–Crippen MR) is 75.2 cm³/mol. The molecule has 0 radical (unpaired) electrons. The Morgan fingerprint density at radius 2 is 1.94 bits per heavy atom. The van der Waals surface area contributed by atoms with Gasteiger partial charge in [-0.1, -0.05) is 30.3 Å². The van der Waals surface area contributed by atoms with Crippen molar-refractivity contribution in [1.29, 1.82) is 0 Å². The van der Waals surface area contributed by atoms with Gasteiger partial charge in [-0.2, -0.15) is 0 Å². The molecule has 1 aliphatic heterocycles. The Hall–Kier alpha value is -1.54. The summed E-state index contributed by atoms with van der Waals surface area (Å²) in [5.41, 5.74) is 1.31. The maximum Gasteiger partial charge on any atom is 0.127 e. The Morgan fingerprint density at radius 3 is 2.72 bits per heavy atom. The van der Waals surface area contributed by atoms with Crippen LogP contribution in [0.15, 0.2) is 36.4 Å². The molecule has 1 N–H and O–H groups in total. The Balaban J connectivity index is 1.94. The van der Waals surface area contributed by atoms with Crippen LogP contribution in [0.5, 0.6) is 5.75 Å². The van der Waals surface area contributed by atoms with Crippen LogP contribution in [0, 0.1) is 6.92 Å². The zero-order valence-electron chi connectivity index (χ0n) is 10.8. The zero-order valence-corrected chi connectivity index (χ0v) is 10.8. The molecule has 18 heavy (non-hydrogen) atoms. The zero-order chi connectivity index (χ0) is 12.4. The number of hydrogen-bond donors (Lipinski definition) is 1. The van der Waals surface area contributed by atoms with Crippen molar-refractivity contribution >= 4 is 10.8 Å². The minimum atomic E-state index is 0.310. The van der Waals surface area contributed by atoms with Gasteiger partial charge in [0.15, 0.2) is 0 Å². The van der Waals surface area contributed by atoms with Crippen molar-refractivity contribution < 1.29 is 4.74 Å². The minimum absolute atomic E-state index is 0.310. The highest BCUT2D eigenvalue weighted by atomic mass is 16.5. The molecule has 1 aliphatic rings. The lowest BCUT2D eigenvalue weighted by Crippen LogP contribution is -2.37. The van der Waals surface area contributed by atoms with E-state index in [0.717, 1.165) is 25.3 Å². The Morgan fingerprint density at radius 1 is 1.11 bits per heavy atom. The highest BCUT2D eigenvalue weighted by Crippen LogP contribution is 2.29. The van der Waals surface area contributed by atoms with Crippen LogP contribution in [-0.4, -0.2) is 19.2 Å². The molecule has 2 aromatic rings. The van der Waals surface area contributed by atoms with Crippen LogP contribution in [0.25, 0.3) is 10.8 Å². The lowest BCUT2D eigenvalue weighted by atomic mass is 10.0. The summed E-state index contributed by atoms with van der Waals surface area (Å²) in [5.74, 6) is 1.02. The lowest BCUT2D eigenvalue weighted by molar-refractivity contribution is 0.169. The highest BCUT2D eigenvalue weighted by molar-refractivity contribution is 5.90. The van der Waals surface area contributed by atoms with Crippen LogP contribution in [0.3, 0.4) is 0 Å². The van der Waals surface area contributed by atoms with Crippen LogP contribution in [0.4, 0.5) is 0 Å². The van der Waals surface area contributed by atoms with Gasteiger partial charge in [0.05, 0.1) is 0 Å². The average Bonchev–Trinajstić information content (AvgIpc) is 2.44. The molecule has 1 saturated heterocycles. The van der Waals surface area contributed by atoms with Crippen molar-refractivity contribution in [3.63, 3.8) is 0 Å². The van der Waals surface area contributed by atoms with Crippen LogP contribution in [0.2, 0.25) is 0 Å². The van der Waals surface area contributed by atoms with E-state index >= 15 is 0 Å². The molecule has 0 aliphatic carbocycles. The summed E-state index contributed by atoms with van der Waals surface area (Å²) < 4.78 is 6.16. The van der Waals surface area contributed by atoms with Crippen LogP contribution in [0.1, 0.15) is 18.4 Å². The van der Waals surface area contributed by atoms with E-state index in [1.165, 1.54) is 22.8 Å². The molecule has 2 aromatic carbocycles. The van der Waals surface area contributed by atoms with E-state index < -0.39 is 0 Å². The minimum Gasteiger partial charge on any atom is -0.488 e. The molecular weight excluding hydrogens is 222 g/mol. The summed E-state index contributed by atoms with van der Waals surface area (Å²) >= 11 is 0. The molecule has 2 nitrogen and oxygen atoms in total. The normalized spacial score (nSPS) is 19.9. The van der Waals surface area contributed by atoms with Gasteiger partial charge in [-0.3, -0.25) is 0 Å². The van der Waals surface area contributed by atoms with E-state index in [4.69, 9.17) is 4.74 Å². The molecule has 2 heteroatoms. The first-order chi connectivity index (χ1) is 8.84. The maximum absolute atomic E-state index is 6.16. The Kier molecular flexibility index (Phi) is 3.20. The number of ether oxygens (including phenoxy) is 1. The van der Waals surface area contributed by atoms with Gasteiger partial charge in [0.2, 0.25) is 0 Å². The monoisotopic (exact) mass is 241 g/mol. The van der Waals surface area contributed by atoms with Crippen LogP contribution < -0.4 is 10.1 Å². The van der Waals surface area contributed by atoms with Crippen molar-refractivity contribution in [3.05, 3.63) is 42.0 Å². The molecule has 0 bridgehead atoms. The summed E-state index contributed by atoms with van der Waals surface area (Å²) in [6.07, 6.45) is 2.66. The predicted octanol–water partition coefficient (Wildman–Crippen LogP) is 3.28. The first kappa shape index (κ1) is 11.5. The number of aryl methyl sites for hydroxylation is 1. The summed E-state index contributed by atoms with van der Waals surface area (Å²) in [6.45, 7) is 4.23. The van der Waals surface area contributed by atoms with Crippen LogP contribution in [-0.2, 0) is 0 Å². The third-order valence-corrected chi connectivity index (χ3v) is 3.65. The van der Waals surface area contributed by atoms with Gasteiger partial charge >= 0.3 is 0 Å². The molecule has 3 rings (SSSR count). The SMILES string of the molecule is Cc1ccc(OC2CCCNC2)c2ccccc12. The second-order valence-corrected chi connectivity index (χ2v) is 5.01. The fourth-order valence-electron chi connectivity index (χ4n) is 2.62. The smallest absolute Gasteiger partial charge is 0.127 e. The van der Waals surface area contributed by atoms with Crippen molar-refractivity contribution in [1.82, 2.24) is 5.32 Å². The molecule has 0 spiro atoms. The lowest BCUT2D eigenvalue weighted by Gasteiger charge is -2.24. The van der Waals surface area contributed by atoms with Crippen molar-refractivity contribution in [2.45, 2.75) is 25.9 Å². The quantitative estimate of drug-likeness (QED) is 0.871. The fourth-order valence-corrected chi connectivity index (χ4v) is 2.62. The van der Waals surface area contributed by atoms with E-state index in [9.17, 15) is 0 Å². The first-order valence-corrected chi connectivity index (χ1v) is 6.70. The summed E-state index contributed by atoms with van der Waals surface area (Å²) in [4.78, 5) is 0. The van der Waals surface area contributed by atoms with Gasteiger partial charge in [-0.15, -0.1) is 0 Å². The number of benzene rings is 2. The van der Waals surface area contributed by atoms with E-state index in [0.29, 0.717) is 6.10 Å². The van der Waals surface area contributed by atoms with E-state index in [1.54, 1.807) is 0 Å². The highest BCUT2D eigenvalue weighted by Gasteiger charge is 2.15. The Labute approximate surface area is 108 Å². The largest absolute Gasteiger partial charge is 0.488 e. The Bertz CT molecular complexity index is 544. The maximum atomic E-state index is 6.16. The van der Waals surface area contributed by atoms with Gasteiger partial charge in [-0.05, 0) is 43.3 Å². The van der Waals surface area contributed by atoms with Gasteiger partial charge in [-0.25, -0.2) is 0 Å². The van der Waals surface area contributed by atoms with E-state index in [-0.39, 0.29) is 0 Å². The van der Waals surface area contributed by atoms with Gasteiger partial charge in [0.1, 0.15) is 11.9 Å². The summed E-state index contributed by atoms with van der Waals surface area (Å²) in [5, 5.41) is 5.91. The fraction of sp³-hybridized carbons (Fsp3) is 0.375. The molecule has 1 heterocycles. The molecule has 1 fully saturated rings. The molecule has 94 valence electrons. The van der Waals surface area contributed by atoms with Gasteiger partial charge in [0.25, 0.3) is 0 Å². The third kappa shape index (κ3) is 2.21. The number of piperidine rings is 1. The van der Waals surface area contributed by atoms with Crippen molar-refractivity contribution in [2.24, 2.45) is 0 Å². The molecule has 1 unspecified atom stereocenters. The topological polar surface area (TPSA) is 21.3 Å². The van der Waals surface area contributed by atoms with Gasteiger partial charge < -0.3 is 10.1 Å².